The monoisotopic (exact) mass is 277 g/mol. The Hall–Kier alpha value is -2.06. The van der Waals surface area contributed by atoms with Gasteiger partial charge in [0.1, 0.15) is 5.69 Å². The van der Waals surface area contributed by atoms with Gasteiger partial charge in [-0.3, -0.25) is 0 Å². The summed E-state index contributed by atoms with van der Waals surface area (Å²) in [6.07, 6.45) is 0.635. The standard InChI is InChI=1S/C12H15N5O3/c1-18-10-3-2-9(15-16-10)12-14-11(20-17-12)6-8-7-19-5-4-13-8/h2-3,8,13H,4-7H2,1H3. The van der Waals surface area contributed by atoms with Gasteiger partial charge in [0.05, 0.1) is 20.3 Å². The quantitative estimate of drug-likeness (QED) is 0.838. The molecule has 8 heteroatoms. The zero-order valence-corrected chi connectivity index (χ0v) is 11.1. The Labute approximate surface area is 115 Å². The summed E-state index contributed by atoms with van der Waals surface area (Å²) in [6.45, 7) is 2.24. The second-order valence-corrected chi connectivity index (χ2v) is 4.40. The van der Waals surface area contributed by atoms with E-state index in [-0.39, 0.29) is 6.04 Å². The Morgan fingerprint density at radius 3 is 3.05 bits per heavy atom. The van der Waals surface area contributed by atoms with Crippen molar-refractivity contribution in [1.82, 2.24) is 25.7 Å². The molecule has 0 amide bonds. The van der Waals surface area contributed by atoms with Crippen LogP contribution in [0, 0.1) is 0 Å². The molecule has 0 spiro atoms. The van der Waals surface area contributed by atoms with E-state index in [4.69, 9.17) is 14.0 Å². The van der Waals surface area contributed by atoms with Crippen LogP contribution in [0.1, 0.15) is 5.89 Å². The SMILES string of the molecule is COc1ccc(-c2noc(CC3COCCN3)n2)nn1. The molecule has 2 aromatic rings. The van der Waals surface area contributed by atoms with Gasteiger partial charge >= 0.3 is 0 Å². The van der Waals surface area contributed by atoms with E-state index < -0.39 is 0 Å². The number of hydrogen-bond acceptors (Lipinski definition) is 8. The first-order valence-corrected chi connectivity index (χ1v) is 6.37. The molecule has 1 N–H and O–H groups in total. The van der Waals surface area contributed by atoms with Crippen LogP contribution in [0.15, 0.2) is 16.7 Å². The summed E-state index contributed by atoms with van der Waals surface area (Å²) >= 11 is 0. The Morgan fingerprint density at radius 2 is 2.35 bits per heavy atom. The van der Waals surface area contributed by atoms with Crippen LogP contribution in [-0.4, -0.2) is 53.2 Å². The second-order valence-electron chi connectivity index (χ2n) is 4.40. The minimum atomic E-state index is 0.207. The Bertz CT molecular complexity index is 550. The number of ether oxygens (including phenoxy) is 2. The highest BCUT2D eigenvalue weighted by atomic mass is 16.5. The van der Waals surface area contributed by atoms with Crippen LogP contribution in [0.25, 0.3) is 11.5 Å². The lowest BCUT2D eigenvalue weighted by Gasteiger charge is -2.22. The fourth-order valence-corrected chi connectivity index (χ4v) is 1.95. The van der Waals surface area contributed by atoms with Crippen molar-refractivity contribution in [3.05, 3.63) is 18.0 Å². The van der Waals surface area contributed by atoms with E-state index in [9.17, 15) is 0 Å². The van der Waals surface area contributed by atoms with Crippen LogP contribution in [0.5, 0.6) is 5.88 Å². The predicted molar refractivity (Wildman–Crippen MR) is 68.2 cm³/mol. The van der Waals surface area contributed by atoms with Crippen LogP contribution in [0.3, 0.4) is 0 Å². The zero-order chi connectivity index (χ0) is 13.8. The van der Waals surface area contributed by atoms with E-state index in [2.05, 4.69) is 25.7 Å². The third-order valence-electron chi connectivity index (χ3n) is 2.97. The first-order chi connectivity index (χ1) is 9.85. The van der Waals surface area contributed by atoms with Crippen molar-refractivity contribution in [2.75, 3.05) is 26.9 Å². The highest BCUT2D eigenvalue weighted by Crippen LogP contribution is 2.15. The van der Waals surface area contributed by atoms with Gasteiger partial charge in [0.2, 0.25) is 17.6 Å². The first kappa shape index (κ1) is 12.9. The maximum Gasteiger partial charge on any atom is 0.233 e. The van der Waals surface area contributed by atoms with Gasteiger partial charge in [-0.05, 0) is 6.07 Å². The minimum Gasteiger partial charge on any atom is -0.480 e. The third-order valence-corrected chi connectivity index (χ3v) is 2.97. The van der Waals surface area contributed by atoms with Crippen molar-refractivity contribution in [2.45, 2.75) is 12.5 Å². The number of methoxy groups -OCH3 is 1. The fraction of sp³-hybridized carbons (Fsp3) is 0.500. The van der Waals surface area contributed by atoms with E-state index in [0.717, 1.165) is 13.2 Å². The molecule has 3 rings (SSSR count). The van der Waals surface area contributed by atoms with Crippen LogP contribution in [0.2, 0.25) is 0 Å². The molecule has 1 unspecified atom stereocenters. The number of morpholine rings is 1. The normalized spacial score (nSPS) is 18.9. The molecule has 1 fully saturated rings. The highest BCUT2D eigenvalue weighted by Gasteiger charge is 2.18. The average Bonchev–Trinajstić information content (AvgIpc) is 2.97. The lowest BCUT2D eigenvalue weighted by atomic mass is 10.2. The summed E-state index contributed by atoms with van der Waals surface area (Å²) < 4.78 is 15.6. The topological polar surface area (TPSA) is 95.2 Å². The highest BCUT2D eigenvalue weighted by molar-refractivity contribution is 5.47. The molecule has 3 heterocycles. The van der Waals surface area contributed by atoms with Crippen LogP contribution in [-0.2, 0) is 11.2 Å². The van der Waals surface area contributed by atoms with E-state index in [0.29, 0.717) is 36.3 Å². The van der Waals surface area contributed by atoms with E-state index in [1.165, 1.54) is 7.11 Å². The van der Waals surface area contributed by atoms with Gasteiger partial charge in [-0.25, -0.2) is 0 Å². The molecule has 8 nitrogen and oxygen atoms in total. The summed E-state index contributed by atoms with van der Waals surface area (Å²) in [4.78, 5) is 4.31. The van der Waals surface area contributed by atoms with Crippen molar-refractivity contribution in [3.8, 4) is 17.4 Å². The van der Waals surface area contributed by atoms with Crippen LogP contribution < -0.4 is 10.1 Å². The van der Waals surface area contributed by atoms with E-state index >= 15 is 0 Å². The summed E-state index contributed by atoms with van der Waals surface area (Å²) in [5.74, 6) is 1.42. The number of nitrogens with zero attached hydrogens (tertiary/aromatic N) is 4. The van der Waals surface area contributed by atoms with E-state index in [1.54, 1.807) is 12.1 Å². The average molecular weight is 277 g/mol. The lowest BCUT2D eigenvalue weighted by Crippen LogP contribution is -2.42. The van der Waals surface area contributed by atoms with Gasteiger partial charge in [0.15, 0.2) is 0 Å². The van der Waals surface area contributed by atoms with Crippen molar-refractivity contribution in [2.24, 2.45) is 0 Å². The smallest absolute Gasteiger partial charge is 0.233 e. The second kappa shape index (κ2) is 5.93. The molecule has 0 aliphatic carbocycles. The molecular weight excluding hydrogens is 262 g/mol. The van der Waals surface area contributed by atoms with Crippen LogP contribution >= 0.6 is 0 Å². The van der Waals surface area contributed by atoms with Crippen molar-refractivity contribution >= 4 is 0 Å². The van der Waals surface area contributed by atoms with Crippen LogP contribution in [0.4, 0.5) is 0 Å². The van der Waals surface area contributed by atoms with Crippen molar-refractivity contribution in [3.63, 3.8) is 0 Å². The van der Waals surface area contributed by atoms with Gasteiger partial charge in [-0.2, -0.15) is 4.98 Å². The number of rotatable bonds is 4. The molecule has 0 radical (unpaired) electrons. The Kier molecular flexibility index (Phi) is 3.84. The lowest BCUT2D eigenvalue weighted by molar-refractivity contribution is 0.0744. The zero-order valence-electron chi connectivity index (χ0n) is 11.1. The summed E-state index contributed by atoms with van der Waals surface area (Å²) in [5.41, 5.74) is 0.550. The molecule has 1 saturated heterocycles. The molecule has 20 heavy (non-hydrogen) atoms. The summed E-state index contributed by atoms with van der Waals surface area (Å²) in [5, 5.41) is 15.1. The van der Waals surface area contributed by atoms with E-state index in [1.807, 2.05) is 0 Å². The summed E-state index contributed by atoms with van der Waals surface area (Å²) in [7, 11) is 1.54. The molecule has 1 aliphatic heterocycles. The number of aromatic nitrogens is 4. The molecule has 106 valence electrons. The molecular formula is C12H15N5O3. The predicted octanol–water partition coefficient (Wildman–Crippen LogP) is 0.0661. The Balaban J connectivity index is 1.68. The van der Waals surface area contributed by atoms with Gasteiger partial charge < -0.3 is 19.3 Å². The maximum atomic E-state index is 5.38. The maximum absolute atomic E-state index is 5.38. The van der Waals surface area contributed by atoms with Gasteiger partial charge in [0.25, 0.3) is 0 Å². The molecule has 0 saturated carbocycles. The molecule has 0 aromatic carbocycles. The van der Waals surface area contributed by atoms with Gasteiger partial charge in [-0.15, -0.1) is 10.2 Å². The molecule has 2 aromatic heterocycles. The minimum absolute atomic E-state index is 0.207. The Morgan fingerprint density at radius 1 is 1.40 bits per heavy atom. The summed E-state index contributed by atoms with van der Waals surface area (Å²) in [6, 6.07) is 3.65. The fourth-order valence-electron chi connectivity index (χ4n) is 1.95. The molecule has 0 bridgehead atoms. The van der Waals surface area contributed by atoms with Gasteiger partial charge in [-0.1, -0.05) is 5.16 Å². The van der Waals surface area contributed by atoms with Gasteiger partial charge in [0, 0.05) is 25.1 Å². The number of nitrogens with one attached hydrogen (secondary N) is 1. The molecule has 1 aliphatic rings. The molecule has 1 atom stereocenters. The first-order valence-electron chi connectivity index (χ1n) is 6.37. The third kappa shape index (κ3) is 2.91. The largest absolute Gasteiger partial charge is 0.480 e. The van der Waals surface area contributed by atoms with Crippen molar-refractivity contribution < 1.29 is 14.0 Å². The number of hydrogen-bond donors (Lipinski definition) is 1. The van der Waals surface area contributed by atoms with Crippen molar-refractivity contribution in [1.29, 1.82) is 0 Å².